The SMILES string of the molecule is O=c1[nH]c(=O)n(Cc2cn3ccccc3n2)cc1Br. The largest absolute Gasteiger partial charge is 0.328 e. The number of hydrogen-bond donors (Lipinski definition) is 1. The van der Waals surface area contributed by atoms with Crippen molar-refractivity contribution in [1.82, 2.24) is 18.9 Å². The zero-order valence-electron chi connectivity index (χ0n) is 9.71. The van der Waals surface area contributed by atoms with Crippen molar-refractivity contribution in [2.24, 2.45) is 0 Å². The molecular weight excluding hydrogens is 312 g/mol. The molecule has 3 rings (SSSR count). The van der Waals surface area contributed by atoms with Crippen molar-refractivity contribution < 1.29 is 0 Å². The van der Waals surface area contributed by atoms with Crippen LogP contribution in [0.3, 0.4) is 0 Å². The maximum absolute atomic E-state index is 11.7. The van der Waals surface area contributed by atoms with Crippen LogP contribution in [0.2, 0.25) is 0 Å². The number of imidazole rings is 1. The normalized spacial score (nSPS) is 11.0. The Bertz CT molecular complexity index is 829. The van der Waals surface area contributed by atoms with Crippen molar-refractivity contribution in [3.8, 4) is 0 Å². The summed E-state index contributed by atoms with van der Waals surface area (Å²) in [7, 11) is 0. The number of aromatic amines is 1. The fourth-order valence-electron chi connectivity index (χ4n) is 1.84. The molecule has 3 aromatic heterocycles. The molecule has 0 radical (unpaired) electrons. The average Bonchev–Trinajstić information content (AvgIpc) is 2.78. The lowest BCUT2D eigenvalue weighted by Gasteiger charge is -2.02. The maximum atomic E-state index is 11.7. The van der Waals surface area contributed by atoms with Gasteiger partial charge >= 0.3 is 5.69 Å². The van der Waals surface area contributed by atoms with E-state index in [4.69, 9.17) is 0 Å². The topological polar surface area (TPSA) is 72.2 Å². The van der Waals surface area contributed by atoms with Gasteiger partial charge in [0, 0.05) is 18.6 Å². The van der Waals surface area contributed by atoms with Gasteiger partial charge in [-0.1, -0.05) is 6.07 Å². The number of halogens is 1. The number of aromatic nitrogens is 4. The zero-order valence-corrected chi connectivity index (χ0v) is 11.3. The molecule has 7 heteroatoms. The third-order valence-electron chi connectivity index (χ3n) is 2.71. The highest BCUT2D eigenvalue weighted by molar-refractivity contribution is 9.10. The second-order valence-corrected chi connectivity index (χ2v) is 4.92. The van der Waals surface area contributed by atoms with Crippen molar-refractivity contribution in [3.63, 3.8) is 0 Å². The van der Waals surface area contributed by atoms with Crippen molar-refractivity contribution in [2.75, 3.05) is 0 Å². The Morgan fingerprint density at radius 2 is 2.11 bits per heavy atom. The second kappa shape index (κ2) is 4.51. The monoisotopic (exact) mass is 320 g/mol. The van der Waals surface area contributed by atoms with E-state index in [9.17, 15) is 9.59 Å². The maximum Gasteiger partial charge on any atom is 0.328 e. The molecule has 96 valence electrons. The van der Waals surface area contributed by atoms with Gasteiger partial charge < -0.3 is 4.40 Å². The Morgan fingerprint density at radius 1 is 1.26 bits per heavy atom. The Hall–Kier alpha value is -2.15. The van der Waals surface area contributed by atoms with Gasteiger partial charge in [-0.3, -0.25) is 14.3 Å². The van der Waals surface area contributed by atoms with Gasteiger partial charge in [-0.15, -0.1) is 0 Å². The summed E-state index contributed by atoms with van der Waals surface area (Å²) in [6.07, 6.45) is 5.20. The summed E-state index contributed by atoms with van der Waals surface area (Å²) < 4.78 is 3.59. The zero-order chi connectivity index (χ0) is 13.4. The van der Waals surface area contributed by atoms with Gasteiger partial charge in [0.15, 0.2) is 0 Å². The minimum atomic E-state index is -0.453. The first-order chi connectivity index (χ1) is 9.13. The van der Waals surface area contributed by atoms with Crippen LogP contribution in [0.25, 0.3) is 5.65 Å². The van der Waals surface area contributed by atoms with Gasteiger partial charge in [-0.05, 0) is 28.1 Å². The molecule has 1 N–H and O–H groups in total. The molecule has 0 aliphatic heterocycles. The summed E-state index contributed by atoms with van der Waals surface area (Å²) >= 11 is 3.10. The van der Waals surface area contributed by atoms with Crippen LogP contribution in [-0.2, 0) is 6.54 Å². The lowest BCUT2D eigenvalue weighted by molar-refractivity contribution is 0.704. The third-order valence-corrected chi connectivity index (χ3v) is 3.28. The first-order valence-electron chi connectivity index (χ1n) is 5.55. The molecule has 0 saturated carbocycles. The van der Waals surface area contributed by atoms with E-state index in [0.29, 0.717) is 11.0 Å². The highest BCUT2D eigenvalue weighted by Gasteiger charge is 2.05. The van der Waals surface area contributed by atoms with Crippen molar-refractivity contribution >= 4 is 21.6 Å². The van der Waals surface area contributed by atoms with E-state index in [0.717, 1.165) is 11.3 Å². The van der Waals surface area contributed by atoms with Crippen LogP contribution < -0.4 is 11.2 Å². The molecule has 0 atom stereocenters. The van der Waals surface area contributed by atoms with E-state index in [2.05, 4.69) is 25.9 Å². The Kier molecular flexibility index (Phi) is 2.83. The number of pyridine rings is 1. The number of H-pyrrole nitrogens is 1. The van der Waals surface area contributed by atoms with Crippen LogP contribution >= 0.6 is 15.9 Å². The van der Waals surface area contributed by atoms with Gasteiger partial charge in [0.05, 0.1) is 16.7 Å². The fraction of sp³-hybridized carbons (Fsp3) is 0.0833. The van der Waals surface area contributed by atoms with Crippen LogP contribution in [0, 0.1) is 0 Å². The Morgan fingerprint density at radius 3 is 2.89 bits per heavy atom. The number of hydrogen-bond acceptors (Lipinski definition) is 3. The van der Waals surface area contributed by atoms with Crippen molar-refractivity contribution in [3.05, 3.63) is 67.8 Å². The summed E-state index contributed by atoms with van der Waals surface area (Å²) in [6, 6.07) is 5.69. The quantitative estimate of drug-likeness (QED) is 0.765. The molecule has 0 aromatic carbocycles. The minimum Gasteiger partial charge on any atom is -0.307 e. The average molecular weight is 321 g/mol. The first kappa shape index (κ1) is 11.9. The molecule has 3 aromatic rings. The molecular formula is C12H9BrN4O2. The molecule has 0 amide bonds. The Balaban J connectivity index is 2.03. The van der Waals surface area contributed by atoms with Gasteiger partial charge in [0.25, 0.3) is 5.56 Å². The molecule has 0 fully saturated rings. The van der Waals surface area contributed by atoms with E-state index < -0.39 is 11.2 Å². The standard InChI is InChI=1S/C12H9BrN4O2/c13-9-7-17(12(19)15-11(9)18)6-8-5-16-4-2-1-3-10(16)14-8/h1-5,7H,6H2,(H,15,18,19). The van der Waals surface area contributed by atoms with Crippen LogP contribution in [-0.4, -0.2) is 18.9 Å². The van der Waals surface area contributed by atoms with Gasteiger partial charge in [-0.2, -0.15) is 0 Å². The Labute approximate surface area is 115 Å². The van der Waals surface area contributed by atoms with Gasteiger partial charge in [0.1, 0.15) is 5.65 Å². The minimum absolute atomic E-state index is 0.301. The summed E-state index contributed by atoms with van der Waals surface area (Å²) in [5.74, 6) is 0. The molecule has 3 heterocycles. The molecule has 0 aliphatic rings. The molecule has 19 heavy (non-hydrogen) atoms. The van der Waals surface area contributed by atoms with Crippen molar-refractivity contribution in [1.29, 1.82) is 0 Å². The van der Waals surface area contributed by atoms with Crippen molar-refractivity contribution in [2.45, 2.75) is 6.54 Å². The summed E-state index contributed by atoms with van der Waals surface area (Å²) in [6.45, 7) is 0.301. The number of rotatable bonds is 2. The van der Waals surface area contributed by atoms with Gasteiger partial charge in [0.2, 0.25) is 0 Å². The predicted octanol–water partition coefficient (Wildman–Crippen LogP) is 0.995. The predicted molar refractivity (Wildman–Crippen MR) is 73.3 cm³/mol. The molecule has 0 saturated heterocycles. The summed E-state index contributed by atoms with van der Waals surface area (Å²) in [4.78, 5) is 29.5. The van der Waals surface area contributed by atoms with Crippen LogP contribution in [0.1, 0.15) is 5.69 Å². The highest BCUT2D eigenvalue weighted by Crippen LogP contribution is 2.06. The molecule has 0 spiro atoms. The molecule has 0 bridgehead atoms. The van der Waals surface area contributed by atoms with E-state index in [1.54, 1.807) is 0 Å². The second-order valence-electron chi connectivity index (χ2n) is 4.06. The van der Waals surface area contributed by atoms with Gasteiger partial charge in [-0.25, -0.2) is 9.78 Å². The molecule has 0 unspecified atom stereocenters. The molecule has 6 nitrogen and oxygen atoms in total. The summed E-state index contributed by atoms with van der Waals surface area (Å²) in [5.41, 5.74) is 0.669. The smallest absolute Gasteiger partial charge is 0.307 e. The van der Waals surface area contributed by atoms with Crippen LogP contribution in [0.5, 0.6) is 0 Å². The first-order valence-corrected chi connectivity index (χ1v) is 6.35. The van der Waals surface area contributed by atoms with Crippen LogP contribution in [0.4, 0.5) is 0 Å². The van der Waals surface area contributed by atoms with E-state index in [1.807, 2.05) is 35.0 Å². The lowest BCUT2D eigenvalue weighted by atomic mass is 10.4. The number of nitrogens with zero attached hydrogens (tertiary/aromatic N) is 3. The van der Waals surface area contributed by atoms with E-state index in [-0.39, 0.29) is 0 Å². The lowest BCUT2D eigenvalue weighted by Crippen LogP contribution is -2.30. The van der Waals surface area contributed by atoms with E-state index >= 15 is 0 Å². The fourth-order valence-corrected chi connectivity index (χ4v) is 2.18. The molecule has 0 aliphatic carbocycles. The highest BCUT2D eigenvalue weighted by atomic mass is 79.9. The summed E-state index contributed by atoms with van der Waals surface area (Å²) in [5, 5.41) is 0. The van der Waals surface area contributed by atoms with E-state index in [1.165, 1.54) is 10.8 Å². The number of fused-ring (bicyclic) bond motifs is 1. The van der Waals surface area contributed by atoms with Crippen LogP contribution in [0.15, 0.2) is 50.9 Å². The number of nitrogens with one attached hydrogen (secondary N) is 1. The third kappa shape index (κ3) is 2.24.